The normalized spacial score (nSPS) is 10.7. The lowest BCUT2D eigenvalue weighted by Gasteiger charge is -2.07. The Labute approximate surface area is 126 Å². The van der Waals surface area contributed by atoms with Gasteiger partial charge in [-0.05, 0) is 31.2 Å². The highest BCUT2D eigenvalue weighted by atomic mass is 35.5. The van der Waals surface area contributed by atoms with Gasteiger partial charge in [0.1, 0.15) is 17.1 Å². The van der Waals surface area contributed by atoms with Gasteiger partial charge in [-0.3, -0.25) is 0 Å². The lowest BCUT2D eigenvalue weighted by molar-refractivity contribution is 0.128. The third-order valence-corrected chi connectivity index (χ3v) is 3.05. The van der Waals surface area contributed by atoms with Crippen molar-refractivity contribution < 1.29 is 4.74 Å². The summed E-state index contributed by atoms with van der Waals surface area (Å²) in [6.07, 6.45) is 0. The number of hydrogen-bond acceptors (Lipinski definition) is 3. The molecule has 0 radical (unpaired) electrons. The van der Waals surface area contributed by atoms with Crippen molar-refractivity contribution in [2.45, 2.75) is 13.5 Å². The molecule has 2 aromatic rings. The second kappa shape index (κ2) is 6.48. The summed E-state index contributed by atoms with van der Waals surface area (Å²) in [5.41, 5.74) is 1.68. The predicted molar refractivity (Wildman–Crippen MR) is 80.2 cm³/mol. The summed E-state index contributed by atoms with van der Waals surface area (Å²) in [5.74, 6) is 0.681. The molecule has 0 aliphatic carbocycles. The van der Waals surface area contributed by atoms with Crippen molar-refractivity contribution in [1.82, 2.24) is 9.97 Å². The zero-order valence-corrected chi connectivity index (χ0v) is 12.6. The van der Waals surface area contributed by atoms with Gasteiger partial charge in [-0.1, -0.05) is 35.4 Å². The molecule has 1 N–H and O–H groups in total. The van der Waals surface area contributed by atoms with Crippen LogP contribution in [0.2, 0.25) is 10.0 Å². The van der Waals surface area contributed by atoms with Gasteiger partial charge in [0.15, 0.2) is 0 Å². The van der Waals surface area contributed by atoms with Crippen molar-refractivity contribution >= 4 is 35.4 Å². The molecule has 0 bridgehead atoms. The van der Waals surface area contributed by atoms with Gasteiger partial charge < -0.3 is 9.72 Å². The molecule has 0 aliphatic heterocycles. The van der Waals surface area contributed by atoms with Crippen LogP contribution in [0.3, 0.4) is 0 Å². The lowest BCUT2D eigenvalue weighted by atomic mass is 10.1. The van der Waals surface area contributed by atoms with Crippen molar-refractivity contribution in [3.8, 4) is 11.3 Å². The Kier molecular flexibility index (Phi) is 4.93. The van der Waals surface area contributed by atoms with Gasteiger partial charge in [0.25, 0.3) is 0 Å². The van der Waals surface area contributed by atoms with E-state index >= 15 is 0 Å². The fourth-order valence-electron chi connectivity index (χ4n) is 1.64. The smallest absolute Gasteiger partial charge is 0.134 e. The number of hydrogen-bond donors (Lipinski definition) is 1. The number of aromatic amines is 1. The SMILES string of the molecule is CCOCc1nc(=S)cc(-c2cc(Cl)cc(Cl)c2)[nH]1. The van der Waals surface area contributed by atoms with Crippen LogP contribution in [-0.2, 0) is 11.3 Å². The molecule has 0 saturated heterocycles. The van der Waals surface area contributed by atoms with Crippen molar-refractivity contribution in [1.29, 1.82) is 0 Å². The van der Waals surface area contributed by atoms with E-state index in [-0.39, 0.29) is 0 Å². The quantitative estimate of drug-likeness (QED) is 0.835. The molecule has 0 fully saturated rings. The number of H-pyrrole nitrogens is 1. The number of nitrogens with zero attached hydrogens (tertiary/aromatic N) is 1. The number of aromatic nitrogens is 2. The largest absolute Gasteiger partial charge is 0.374 e. The van der Waals surface area contributed by atoms with E-state index in [4.69, 9.17) is 40.2 Å². The maximum Gasteiger partial charge on any atom is 0.134 e. The Morgan fingerprint density at radius 1 is 1.21 bits per heavy atom. The van der Waals surface area contributed by atoms with Gasteiger partial charge in [0.2, 0.25) is 0 Å². The third-order valence-electron chi connectivity index (χ3n) is 2.41. The molecule has 0 saturated carbocycles. The van der Waals surface area contributed by atoms with Crippen LogP contribution < -0.4 is 0 Å². The first-order valence-corrected chi connectivity index (χ1v) is 6.89. The number of halogens is 2. The zero-order valence-electron chi connectivity index (χ0n) is 10.2. The van der Waals surface area contributed by atoms with Crippen LogP contribution in [0.15, 0.2) is 24.3 Å². The molecule has 0 spiro atoms. The average molecular weight is 315 g/mol. The van der Waals surface area contributed by atoms with Gasteiger partial charge in [0, 0.05) is 27.9 Å². The van der Waals surface area contributed by atoms with Gasteiger partial charge in [-0.25, -0.2) is 4.98 Å². The van der Waals surface area contributed by atoms with Crippen LogP contribution in [0.25, 0.3) is 11.3 Å². The van der Waals surface area contributed by atoms with E-state index in [0.717, 1.165) is 11.3 Å². The van der Waals surface area contributed by atoms with Gasteiger partial charge >= 0.3 is 0 Å². The molecule has 3 nitrogen and oxygen atoms in total. The summed E-state index contributed by atoms with van der Waals surface area (Å²) in [5, 5.41) is 1.15. The van der Waals surface area contributed by atoms with Crippen LogP contribution >= 0.6 is 35.4 Å². The predicted octanol–water partition coefficient (Wildman–Crippen LogP) is 4.65. The Morgan fingerprint density at radius 2 is 1.89 bits per heavy atom. The summed E-state index contributed by atoms with van der Waals surface area (Å²) in [7, 11) is 0. The Morgan fingerprint density at radius 3 is 2.53 bits per heavy atom. The van der Waals surface area contributed by atoms with Crippen LogP contribution in [0, 0.1) is 4.64 Å². The molecule has 100 valence electrons. The van der Waals surface area contributed by atoms with Gasteiger partial charge in [-0.15, -0.1) is 0 Å². The van der Waals surface area contributed by atoms with E-state index in [1.165, 1.54) is 0 Å². The number of nitrogens with one attached hydrogen (secondary N) is 1. The fourth-order valence-corrected chi connectivity index (χ4v) is 2.39. The summed E-state index contributed by atoms with van der Waals surface area (Å²) in [6.45, 7) is 2.94. The highest BCUT2D eigenvalue weighted by molar-refractivity contribution is 7.71. The second-order valence-corrected chi connectivity index (χ2v) is 5.17. The van der Waals surface area contributed by atoms with Gasteiger partial charge in [-0.2, -0.15) is 0 Å². The van der Waals surface area contributed by atoms with E-state index in [9.17, 15) is 0 Å². The van der Waals surface area contributed by atoms with Crippen LogP contribution in [0.1, 0.15) is 12.7 Å². The zero-order chi connectivity index (χ0) is 13.8. The maximum absolute atomic E-state index is 6.00. The highest BCUT2D eigenvalue weighted by Gasteiger charge is 2.05. The lowest BCUT2D eigenvalue weighted by Crippen LogP contribution is -2.00. The van der Waals surface area contributed by atoms with Gasteiger partial charge in [0.05, 0.1) is 0 Å². The molecule has 0 atom stereocenters. The van der Waals surface area contributed by atoms with E-state index in [0.29, 0.717) is 33.7 Å². The Bertz CT molecular complexity index is 623. The maximum atomic E-state index is 6.00. The molecule has 6 heteroatoms. The van der Waals surface area contributed by atoms with E-state index in [2.05, 4.69) is 9.97 Å². The average Bonchev–Trinajstić information content (AvgIpc) is 2.34. The second-order valence-electron chi connectivity index (χ2n) is 3.88. The van der Waals surface area contributed by atoms with E-state index in [1.54, 1.807) is 12.1 Å². The standard InChI is InChI=1S/C13H12Cl2N2OS/c1-2-18-7-12-16-11(6-13(19)17-12)8-3-9(14)5-10(15)4-8/h3-6H,2,7H2,1H3,(H,16,17,19). The molecule has 1 aromatic carbocycles. The van der Waals surface area contributed by atoms with Crippen molar-refractivity contribution in [2.24, 2.45) is 0 Å². The molecular weight excluding hydrogens is 303 g/mol. The minimum Gasteiger partial charge on any atom is -0.374 e. The molecule has 0 aliphatic rings. The van der Waals surface area contributed by atoms with Crippen LogP contribution in [0.5, 0.6) is 0 Å². The third kappa shape index (κ3) is 4.01. The molecule has 2 rings (SSSR count). The molecule has 19 heavy (non-hydrogen) atoms. The summed E-state index contributed by atoms with van der Waals surface area (Å²) in [4.78, 5) is 7.38. The Hall–Kier alpha value is -0.940. The van der Waals surface area contributed by atoms with Crippen molar-refractivity contribution in [3.05, 3.63) is 44.8 Å². The van der Waals surface area contributed by atoms with Crippen LogP contribution in [0.4, 0.5) is 0 Å². The Balaban J connectivity index is 2.43. The number of rotatable bonds is 4. The van der Waals surface area contributed by atoms with E-state index < -0.39 is 0 Å². The fraction of sp³-hybridized carbons (Fsp3) is 0.231. The molecule has 0 unspecified atom stereocenters. The monoisotopic (exact) mass is 314 g/mol. The minimum absolute atomic E-state index is 0.391. The number of benzene rings is 1. The van der Waals surface area contributed by atoms with Crippen molar-refractivity contribution in [3.63, 3.8) is 0 Å². The van der Waals surface area contributed by atoms with Crippen LogP contribution in [-0.4, -0.2) is 16.6 Å². The summed E-state index contributed by atoms with van der Waals surface area (Å²) in [6, 6.07) is 7.09. The number of ether oxygens (including phenoxy) is 1. The topological polar surface area (TPSA) is 37.9 Å². The molecular formula is C13H12Cl2N2OS. The first-order chi connectivity index (χ1) is 9.08. The van der Waals surface area contributed by atoms with Crippen molar-refractivity contribution in [2.75, 3.05) is 6.61 Å². The summed E-state index contributed by atoms with van der Waals surface area (Å²) < 4.78 is 5.82. The summed E-state index contributed by atoms with van der Waals surface area (Å²) >= 11 is 17.1. The first-order valence-electron chi connectivity index (χ1n) is 5.73. The first kappa shape index (κ1) is 14.5. The molecule has 1 aromatic heterocycles. The molecule has 1 heterocycles. The highest BCUT2D eigenvalue weighted by Crippen LogP contribution is 2.26. The minimum atomic E-state index is 0.391. The van der Waals surface area contributed by atoms with E-state index in [1.807, 2.05) is 19.1 Å². The molecule has 0 amide bonds.